The van der Waals surface area contributed by atoms with E-state index in [0.29, 0.717) is 41.3 Å². The minimum Gasteiger partial charge on any atom is -0.489 e. The Morgan fingerprint density at radius 1 is 1.14 bits per heavy atom. The average Bonchev–Trinajstić information content (AvgIpc) is 3.49. The van der Waals surface area contributed by atoms with E-state index in [-0.39, 0.29) is 12.4 Å². The SMILES string of the molecule is Nc1nccn2c(C3CCCN3C(=O)O)nc(-c3ccc(OCc4ccc(C(F)(F)F)cc4)cc3)c12. The number of nitrogens with two attached hydrogens (primary N) is 1. The number of amides is 1. The minimum absolute atomic E-state index is 0.110. The molecule has 1 aliphatic heterocycles. The zero-order chi connectivity index (χ0) is 25.4. The molecule has 4 aromatic rings. The van der Waals surface area contributed by atoms with Gasteiger partial charge in [-0.1, -0.05) is 12.1 Å². The number of aromatic nitrogens is 3. The topological polar surface area (TPSA) is 106 Å². The Kier molecular flexibility index (Phi) is 5.91. The molecule has 1 amide bonds. The maximum atomic E-state index is 12.7. The molecule has 186 valence electrons. The van der Waals surface area contributed by atoms with Gasteiger partial charge in [-0.15, -0.1) is 0 Å². The summed E-state index contributed by atoms with van der Waals surface area (Å²) in [6.45, 7) is 0.550. The molecule has 3 heterocycles. The molecule has 3 N–H and O–H groups in total. The van der Waals surface area contributed by atoms with E-state index in [1.807, 2.05) is 0 Å². The maximum Gasteiger partial charge on any atom is 0.416 e. The number of nitrogen functional groups attached to an aromatic ring is 1. The van der Waals surface area contributed by atoms with Crippen LogP contribution in [0.25, 0.3) is 16.8 Å². The smallest absolute Gasteiger partial charge is 0.416 e. The van der Waals surface area contributed by atoms with Crippen LogP contribution in [0.4, 0.5) is 23.8 Å². The molecule has 0 aliphatic carbocycles. The molecule has 1 unspecified atom stereocenters. The molecule has 11 heteroatoms. The van der Waals surface area contributed by atoms with Gasteiger partial charge in [0, 0.05) is 24.5 Å². The molecule has 36 heavy (non-hydrogen) atoms. The number of fused-ring (bicyclic) bond motifs is 1. The Labute approximate surface area is 203 Å². The van der Waals surface area contributed by atoms with Crippen LogP contribution in [0, 0.1) is 0 Å². The van der Waals surface area contributed by atoms with Gasteiger partial charge < -0.3 is 15.6 Å². The summed E-state index contributed by atoms with van der Waals surface area (Å²) < 4.78 is 45.7. The number of nitrogens with zero attached hydrogens (tertiary/aromatic N) is 4. The van der Waals surface area contributed by atoms with Gasteiger partial charge in [0.15, 0.2) is 0 Å². The number of benzene rings is 2. The highest BCUT2D eigenvalue weighted by Crippen LogP contribution is 2.36. The Hall–Kier alpha value is -4.28. The van der Waals surface area contributed by atoms with Gasteiger partial charge in [0.25, 0.3) is 0 Å². The second-order valence-corrected chi connectivity index (χ2v) is 8.49. The molecule has 2 aromatic heterocycles. The second kappa shape index (κ2) is 9.06. The monoisotopic (exact) mass is 497 g/mol. The lowest BCUT2D eigenvalue weighted by molar-refractivity contribution is -0.137. The minimum atomic E-state index is -4.38. The van der Waals surface area contributed by atoms with Crippen molar-refractivity contribution in [2.45, 2.75) is 31.7 Å². The van der Waals surface area contributed by atoms with Crippen LogP contribution in [-0.2, 0) is 12.8 Å². The molecule has 0 radical (unpaired) electrons. The number of likely N-dealkylation sites (tertiary alicyclic amines) is 1. The first-order valence-corrected chi connectivity index (χ1v) is 11.2. The quantitative estimate of drug-likeness (QED) is 0.383. The number of rotatable bonds is 5. The first-order valence-electron chi connectivity index (χ1n) is 11.2. The third-order valence-electron chi connectivity index (χ3n) is 6.22. The molecule has 1 atom stereocenters. The van der Waals surface area contributed by atoms with Crippen LogP contribution in [0.2, 0.25) is 0 Å². The molecule has 1 saturated heterocycles. The zero-order valence-corrected chi connectivity index (χ0v) is 18.9. The summed E-state index contributed by atoms with van der Waals surface area (Å²) in [4.78, 5) is 22.1. The summed E-state index contributed by atoms with van der Waals surface area (Å²) in [5.41, 5.74) is 7.98. The fraction of sp³-hybridized carbons (Fsp3) is 0.240. The average molecular weight is 497 g/mol. The Balaban J connectivity index is 1.39. The van der Waals surface area contributed by atoms with E-state index >= 15 is 0 Å². The number of imidazole rings is 1. The van der Waals surface area contributed by atoms with Gasteiger partial charge in [-0.3, -0.25) is 9.30 Å². The van der Waals surface area contributed by atoms with Crippen molar-refractivity contribution in [2.24, 2.45) is 0 Å². The third kappa shape index (κ3) is 4.39. The van der Waals surface area contributed by atoms with Crippen molar-refractivity contribution >= 4 is 17.4 Å². The van der Waals surface area contributed by atoms with Crippen LogP contribution in [0.5, 0.6) is 5.75 Å². The van der Waals surface area contributed by atoms with Gasteiger partial charge >= 0.3 is 12.3 Å². The van der Waals surface area contributed by atoms with Crippen molar-refractivity contribution in [3.8, 4) is 17.0 Å². The summed E-state index contributed by atoms with van der Waals surface area (Å²) in [5, 5.41) is 9.60. The molecule has 5 rings (SSSR count). The molecule has 1 fully saturated rings. The van der Waals surface area contributed by atoms with E-state index in [2.05, 4.69) is 4.98 Å². The Morgan fingerprint density at radius 3 is 2.53 bits per heavy atom. The number of carboxylic acid groups (broad SMARTS) is 1. The van der Waals surface area contributed by atoms with Crippen LogP contribution in [-0.4, -0.2) is 37.0 Å². The van der Waals surface area contributed by atoms with Crippen molar-refractivity contribution in [3.05, 3.63) is 77.9 Å². The highest BCUT2D eigenvalue weighted by Gasteiger charge is 2.34. The fourth-order valence-corrected chi connectivity index (χ4v) is 4.45. The van der Waals surface area contributed by atoms with Crippen molar-refractivity contribution in [3.63, 3.8) is 0 Å². The van der Waals surface area contributed by atoms with E-state index < -0.39 is 23.9 Å². The van der Waals surface area contributed by atoms with E-state index in [4.69, 9.17) is 15.5 Å². The summed E-state index contributed by atoms with van der Waals surface area (Å²) in [7, 11) is 0. The second-order valence-electron chi connectivity index (χ2n) is 8.49. The predicted molar refractivity (Wildman–Crippen MR) is 125 cm³/mol. The molecule has 1 aliphatic rings. The molecule has 2 aromatic carbocycles. The van der Waals surface area contributed by atoms with Gasteiger partial charge in [-0.25, -0.2) is 14.8 Å². The number of hydrogen-bond acceptors (Lipinski definition) is 5. The van der Waals surface area contributed by atoms with E-state index in [0.717, 1.165) is 24.1 Å². The standard InChI is InChI=1S/C25H22F3N5O3/c26-25(27,28)17-7-3-15(4-8-17)14-36-18-9-5-16(6-10-18)20-21-22(29)30-11-13-33(21)23(31-20)19-2-1-12-32(19)24(34)35/h3-11,13,19H,1-2,12,14H2,(H2,29,30)(H,34,35). The van der Waals surface area contributed by atoms with Crippen molar-refractivity contribution in [1.29, 1.82) is 0 Å². The normalized spacial score (nSPS) is 16.0. The van der Waals surface area contributed by atoms with Crippen molar-refractivity contribution in [2.75, 3.05) is 12.3 Å². The summed E-state index contributed by atoms with van der Waals surface area (Å²) >= 11 is 0. The number of halogens is 3. The number of alkyl halides is 3. The molecule has 0 spiro atoms. The van der Waals surface area contributed by atoms with Crippen LogP contribution in [0.1, 0.15) is 35.8 Å². The van der Waals surface area contributed by atoms with Gasteiger partial charge in [0.1, 0.15) is 35.2 Å². The first kappa shape index (κ1) is 23.5. The van der Waals surface area contributed by atoms with Crippen molar-refractivity contribution < 1.29 is 27.8 Å². The largest absolute Gasteiger partial charge is 0.489 e. The number of ether oxygens (including phenoxy) is 1. The number of hydrogen-bond donors (Lipinski definition) is 2. The van der Waals surface area contributed by atoms with Crippen LogP contribution in [0.15, 0.2) is 60.9 Å². The van der Waals surface area contributed by atoms with E-state index in [9.17, 15) is 23.1 Å². The lowest BCUT2D eigenvalue weighted by atomic mass is 10.1. The summed E-state index contributed by atoms with van der Waals surface area (Å²) in [6, 6.07) is 11.5. The predicted octanol–water partition coefficient (Wildman–Crippen LogP) is 5.39. The Morgan fingerprint density at radius 2 is 1.86 bits per heavy atom. The fourth-order valence-electron chi connectivity index (χ4n) is 4.45. The van der Waals surface area contributed by atoms with E-state index in [1.165, 1.54) is 17.0 Å². The van der Waals surface area contributed by atoms with Crippen LogP contribution < -0.4 is 10.5 Å². The highest BCUT2D eigenvalue weighted by atomic mass is 19.4. The van der Waals surface area contributed by atoms with Crippen LogP contribution >= 0.6 is 0 Å². The molecule has 0 saturated carbocycles. The Bertz CT molecular complexity index is 1400. The first-order chi connectivity index (χ1) is 17.2. The number of anilines is 1. The number of carbonyl (C=O) groups is 1. The lowest BCUT2D eigenvalue weighted by Crippen LogP contribution is -2.29. The summed E-state index contributed by atoms with van der Waals surface area (Å²) in [6.07, 6.45) is -0.703. The lowest BCUT2D eigenvalue weighted by Gasteiger charge is -2.20. The molecule has 0 bridgehead atoms. The van der Waals surface area contributed by atoms with Gasteiger partial charge in [-0.05, 0) is 54.8 Å². The van der Waals surface area contributed by atoms with Crippen LogP contribution in [0.3, 0.4) is 0 Å². The van der Waals surface area contributed by atoms with Gasteiger partial charge in [-0.2, -0.15) is 13.2 Å². The van der Waals surface area contributed by atoms with E-state index in [1.54, 1.807) is 41.1 Å². The zero-order valence-electron chi connectivity index (χ0n) is 18.9. The third-order valence-corrected chi connectivity index (χ3v) is 6.22. The molecular weight excluding hydrogens is 475 g/mol. The molecule has 8 nitrogen and oxygen atoms in total. The summed E-state index contributed by atoms with van der Waals surface area (Å²) in [5.74, 6) is 1.38. The maximum absolute atomic E-state index is 12.7. The highest BCUT2D eigenvalue weighted by molar-refractivity contribution is 5.85. The van der Waals surface area contributed by atoms with Gasteiger partial charge in [0.2, 0.25) is 0 Å². The molecular formula is C25H22F3N5O3. The van der Waals surface area contributed by atoms with Gasteiger partial charge in [0.05, 0.1) is 11.6 Å². The van der Waals surface area contributed by atoms with Crippen molar-refractivity contribution in [1.82, 2.24) is 19.3 Å².